The molecule has 15 heteroatoms. The van der Waals surface area contributed by atoms with Crippen molar-refractivity contribution in [3.63, 3.8) is 0 Å². The number of carbonyl (C=O) groups is 6. The molecule has 1 aromatic heterocycles. The van der Waals surface area contributed by atoms with Crippen LogP contribution < -0.4 is 38.5 Å². The number of nitrogens with zero attached hydrogens (tertiary/aromatic N) is 1. The van der Waals surface area contributed by atoms with Crippen molar-refractivity contribution in [1.82, 2.24) is 31.2 Å². The number of nitrogens with one attached hydrogen (secondary N) is 5. The van der Waals surface area contributed by atoms with Gasteiger partial charge in [-0.2, -0.15) is 0 Å². The molecule has 6 atom stereocenters. The van der Waals surface area contributed by atoms with Crippen molar-refractivity contribution in [2.45, 2.75) is 122 Å². The third kappa shape index (κ3) is 12.0. The summed E-state index contributed by atoms with van der Waals surface area (Å²) in [5.74, 6) is -3.00. The van der Waals surface area contributed by atoms with Crippen molar-refractivity contribution < 1.29 is 28.8 Å². The normalized spacial score (nSPS) is 17.3. The number of para-hydroxylation sites is 1. The van der Waals surface area contributed by atoms with E-state index in [1.807, 2.05) is 52.0 Å². The maximum absolute atomic E-state index is 14.2. The van der Waals surface area contributed by atoms with Crippen molar-refractivity contribution in [1.29, 1.82) is 0 Å². The molecule has 1 saturated heterocycles. The highest BCUT2D eigenvalue weighted by molar-refractivity contribution is 5.97. The van der Waals surface area contributed by atoms with Crippen LogP contribution in [0.5, 0.6) is 0 Å². The third-order valence-electron chi connectivity index (χ3n) is 9.32. The molecule has 0 saturated carbocycles. The zero-order chi connectivity index (χ0) is 38.5. The fourth-order valence-electron chi connectivity index (χ4n) is 6.51. The van der Waals surface area contributed by atoms with Crippen LogP contribution in [0.1, 0.15) is 85.1 Å². The largest absolute Gasteiger partial charge is 0.368 e. The number of hydrogen-bond acceptors (Lipinski definition) is 8. The van der Waals surface area contributed by atoms with E-state index >= 15 is 0 Å². The molecule has 11 N–H and O–H groups in total. The summed E-state index contributed by atoms with van der Waals surface area (Å²) in [4.78, 5) is 84.6. The van der Waals surface area contributed by atoms with E-state index < -0.39 is 71.7 Å². The number of primary amides is 1. The van der Waals surface area contributed by atoms with Crippen molar-refractivity contribution in [3.05, 3.63) is 36.0 Å². The number of unbranched alkanes of at least 4 members (excludes halogenated alkanes) is 1. The molecular weight excluding hydrogens is 666 g/mol. The molecule has 1 aliphatic heterocycles. The summed E-state index contributed by atoms with van der Waals surface area (Å²) >= 11 is 0. The van der Waals surface area contributed by atoms with Crippen LogP contribution in [0.3, 0.4) is 0 Å². The predicted octanol–water partition coefficient (Wildman–Crippen LogP) is 0.694. The first-order chi connectivity index (χ1) is 24.6. The standard InChI is InChI=1S/C37H59N9O6/c1-21(2)17-26(39)33(48)44-29(18-22(3)4)35(50)43-28(13-8-9-15-38)37(52)46-16-10-14-31(46)36(51)45-30(34(49)42-23(5)32(40)47)19-24-20-41-27-12-7-6-11-25(24)27/h6-7,11-12,20-23,26,28-31,41H,8-10,13-19,38-39H2,1-5H3,(H2,40,47)(H,42,49)(H,43,50)(H,44,48)(H,45,51)/t23-,26-,28-,29-,30-,31-/m0/s1. The second-order valence-corrected chi connectivity index (χ2v) is 14.7. The van der Waals surface area contributed by atoms with Crippen LogP contribution in [0.15, 0.2) is 30.5 Å². The molecule has 2 aromatic rings. The van der Waals surface area contributed by atoms with E-state index in [9.17, 15) is 28.8 Å². The van der Waals surface area contributed by atoms with Gasteiger partial charge in [-0.3, -0.25) is 28.8 Å². The first-order valence-electron chi connectivity index (χ1n) is 18.4. The number of rotatable bonds is 20. The first kappa shape index (κ1) is 41.9. The Morgan fingerprint density at radius 3 is 2.15 bits per heavy atom. The van der Waals surface area contributed by atoms with Crippen LogP contribution in [0.4, 0.5) is 0 Å². The van der Waals surface area contributed by atoms with E-state index in [4.69, 9.17) is 17.2 Å². The summed E-state index contributed by atoms with van der Waals surface area (Å²) < 4.78 is 0. The Balaban J connectivity index is 1.82. The fraction of sp³-hybridized carbons (Fsp3) is 0.622. The predicted molar refractivity (Wildman–Crippen MR) is 199 cm³/mol. The first-order valence-corrected chi connectivity index (χ1v) is 18.4. The minimum absolute atomic E-state index is 0.0517. The molecule has 0 spiro atoms. The fourth-order valence-corrected chi connectivity index (χ4v) is 6.51. The highest BCUT2D eigenvalue weighted by Gasteiger charge is 2.40. The van der Waals surface area contributed by atoms with Gasteiger partial charge < -0.3 is 48.4 Å². The molecule has 0 aliphatic carbocycles. The van der Waals surface area contributed by atoms with Crippen LogP contribution in [0.25, 0.3) is 10.9 Å². The topological polar surface area (TPSA) is 248 Å². The molecule has 3 rings (SSSR count). The molecule has 288 valence electrons. The lowest BCUT2D eigenvalue weighted by Crippen LogP contribution is -2.59. The van der Waals surface area contributed by atoms with Gasteiger partial charge in [-0.1, -0.05) is 45.9 Å². The Hall–Kier alpha value is -4.50. The van der Waals surface area contributed by atoms with Gasteiger partial charge in [-0.25, -0.2) is 0 Å². The quantitative estimate of drug-likeness (QED) is 0.0901. The number of likely N-dealkylation sites (tertiary alicyclic amines) is 1. The monoisotopic (exact) mass is 725 g/mol. The van der Waals surface area contributed by atoms with E-state index in [0.717, 1.165) is 16.5 Å². The van der Waals surface area contributed by atoms with Gasteiger partial charge in [0.05, 0.1) is 6.04 Å². The van der Waals surface area contributed by atoms with Crippen LogP contribution in [-0.4, -0.2) is 94.7 Å². The second kappa shape index (κ2) is 19.9. The lowest BCUT2D eigenvalue weighted by molar-refractivity contribution is -0.142. The molecule has 0 bridgehead atoms. The van der Waals surface area contributed by atoms with Gasteiger partial charge >= 0.3 is 0 Å². The third-order valence-corrected chi connectivity index (χ3v) is 9.32. The van der Waals surface area contributed by atoms with E-state index in [2.05, 4.69) is 26.3 Å². The number of nitrogens with two attached hydrogens (primary N) is 3. The Morgan fingerprint density at radius 1 is 0.846 bits per heavy atom. The van der Waals surface area contributed by atoms with E-state index in [1.54, 1.807) is 6.20 Å². The summed E-state index contributed by atoms with van der Waals surface area (Å²) in [6, 6.07) is 1.89. The van der Waals surface area contributed by atoms with Gasteiger partial charge in [-0.05, 0) is 81.9 Å². The minimum atomic E-state index is -1.09. The summed E-state index contributed by atoms with van der Waals surface area (Å²) in [6.45, 7) is 9.90. The number of aromatic amines is 1. The number of H-pyrrole nitrogens is 1. The Morgan fingerprint density at radius 2 is 1.50 bits per heavy atom. The maximum atomic E-state index is 14.2. The molecule has 0 radical (unpaired) electrons. The number of hydrogen-bond donors (Lipinski definition) is 8. The van der Waals surface area contributed by atoms with Gasteiger partial charge in [-0.15, -0.1) is 0 Å². The van der Waals surface area contributed by atoms with E-state index in [-0.39, 0.29) is 31.2 Å². The second-order valence-electron chi connectivity index (χ2n) is 14.7. The van der Waals surface area contributed by atoms with Gasteiger partial charge in [0.15, 0.2) is 0 Å². The molecule has 52 heavy (non-hydrogen) atoms. The van der Waals surface area contributed by atoms with Gasteiger partial charge in [0.1, 0.15) is 30.2 Å². The van der Waals surface area contributed by atoms with Gasteiger partial charge in [0, 0.05) is 30.1 Å². The van der Waals surface area contributed by atoms with Crippen LogP contribution in [-0.2, 0) is 35.2 Å². The number of benzene rings is 1. The van der Waals surface area contributed by atoms with Crippen LogP contribution in [0, 0.1) is 11.8 Å². The SMILES string of the molecule is CC(C)C[C@H](NC(=O)[C@@H](N)CC(C)C)C(=O)N[C@@H](CCCCN)C(=O)N1CCC[C@H]1C(=O)N[C@@H](Cc1c[nH]c2ccccc12)C(=O)N[C@@H](C)C(N)=O. The zero-order valence-corrected chi connectivity index (χ0v) is 31.2. The molecule has 0 unspecified atom stereocenters. The average molecular weight is 726 g/mol. The highest BCUT2D eigenvalue weighted by Crippen LogP contribution is 2.22. The molecule has 15 nitrogen and oxygen atoms in total. The molecule has 6 amide bonds. The lowest BCUT2D eigenvalue weighted by Gasteiger charge is -2.31. The molecule has 1 aliphatic rings. The number of amides is 6. The van der Waals surface area contributed by atoms with Gasteiger partial charge in [0.2, 0.25) is 35.4 Å². The number of fused-ring (bicyclic) bond motifs is 1. The van der Waals surface area contributed by atoms with Crippen LogP contribution >= 0.6 is 0 Å². The summed E-state index contributed by atoms with van der Waals surface area (Å²) in [5.41, 5.74) is 18.9. The Kier molecular flexibility index (Phi) is 16.1. The van der Waals surface area contributed by atoms with Crippen molar-refractivity contribution in [2.75, 3.05) is 13.1 Å². The summed E-state index contributed by atoms with van der Waals surface area (Å²) in [7, 11) is 0. The Bertz CT molecular complexity index is 1540. The minimum Gasteiger partial charge on any atom is -0.368 e. The zero-order valence-electron chi connectivity index (χ0n) is 31.2. The smallest absolute Gasteiger partial charge is 0.245 e. The van der Waals surface area contributed by atoms with E-state index in [0.29, 0.717) is 45.1 Å². The summed E-state index contributed by atoms with van der Waals surface area (Å²) in [6.07, 6.45) is 4.98. The van der Waals surface area contributed by atoms with Gasteiger partial charge in [0.25, 0.3) is 0 Å². The Labute approximate surface area is 306 Å². The van der Waals surface area contributed by atoms with Crippen molar-refractivity contribution >= 4 is 46.3 Å². The number of aromatic nitrogens is 1. The number of carbonyl (C=O) groups excluding carboxylic acids is 6. The molecule has 1 fully saturated rings. The van der Waals surface area contributed by atoms with Crippen LogP contribution in [0.2, 0.25) is 0 Å². The average Bonchev–Trinajstić information content (AvgIpc) is 3.74. The summed E-state index contributed by atoms with van der Waals surface area (Å²) in [5, 5.41) is 11.9. The van der Waals surface area contributed by atoms with Crippen molar-refractivity contribution in [2.24, 2.45) is 29.0 Å². The molecule has 2 heterocycles. The highest BCUT2D eigenvalue weighted by atomic mass is 16.2. The molecule has 1 aromatic carbocycles. The van der Waals surface area contributed by atoms with E-state index in [1.165, 1.54) is 11.8 Å². The molecular formula is C37H59N9O6. The lowest BCUT2D eigenvalue weighted by atomic mass is 9.99. The maximum Gasteiger partial charge on any atom is 0.245 e. The van der Waals surface area contributed by atoms with Crippen molar-refractivity contribution in [3.8, 4) is 0 Å².